The molecular weight excluding hydrogens is 544 g/mol. The lowest BCUT2D eigenvalue weighted by Gasteiger charge is -2.22. The molecule has 0 spiro atoms. The van der Waals surface area contributed by atoms with E-state index >= 15 is 0 Å². The van der Waals surface area contributed by atoms with Crippen molar-refractivity contribution >= 4 is 22.8 Å². The third-order valence-corrected chi connectivity index (χ3v) is 8.01. The highest BCUT2D eigenvalue weighted by Gasteiger charge is 2.54. The second kappa shape index (κ2) is 11.2. The Bertz CT molecular complexity index is 1810. The second-order valence-corrected chi connectivity index (χ2v) is 11.4. The Hall–Kier alpha value is -4.69. The van der Waals surface area contributed by atoms with Crippen LogP contribution in [0, 0.1) is 27.7 Å². The number of ether oxygens (including phenoxy) is 1. The summed E-state index contributed by atoms with van der Waals surface area (Å²) < 4.78 is 18.2. The summed E-state index contributed by atoms with van der Waals surface area (Å²) in [6, 6.07) is 23.4. The van der Waals surface area contributed by atoms with Crippen molar-refractivity contribution < 1.29 is 28.3 Å². The number of fused-ring (bicyclic) bond motifs is 1. The van der Waals surface area contributed by atoms with E-state index in [0.717, 1.165) is 27.6 Å². The number of amides is 1. The van der Waals surface area contributed by atoms with Gasteiger partial charge in [0.1, 0.15) is 11.3 Å². The van der Waals surface area contributed by atoms with Gasteiger partial charge in [0, 0.05) is 12.3 Å². The Morgan fingerprint density at radius 2 is 1.74 bits per heavy atom. The topological polar surface area (TPSA) is 115 Å². The third-order valence-electron chi connectivity index (χ3n) is 8.01. The largest absolute Gasteiger partial charge is 0.479 e. The van der Waals surface area contributed by atoms with E-state index in [9.17, 15) is 14.7 Å². The molecule has 0 aliphatic heterocycles. The van der Waals surface area contributed by atoms with Crippen LogP contribution in [0.5, 0.6) is 0 Å². The van der Waals surface area contributed by atoms with Crippen LogP contribution in [0.4, 0.5) is 0 Å². The molecule has 8 heteroatoms. The molecule has 6 rings (SSSR count). The maximum Gasteiger partial charge on any atom is 0.336 e. The molecule has 43 heavy (non-hydrogen) atoms. The van der Waals surface area contributed by atoms with Gasteiger partial charge in [0.05, 0.1) is 18.2 Å². The second-order valence-electron chi connectivity index (χ2n) is 11.4. The van der Waals surface area contributed by atoms with Gasteiger partial charge >= 0.3 is 5.97 Å². The lowest BCUT2D eigenvalue weighted by atomic mass is 9.93. The molecule has 2 N–H and O–H groups in total. The van der Waals surface area contributed by atoms with Crippen LogP contribution in [-0.2, 0) is 20.7 Å². The SMILES string of the molecule is Cc1ccc([C@@H](NC(=O)Cc2ccc3oc(C(OC4(C(=O)O)CC4)c4oc(C)nc4C)cc3c2)c2ccccc2)c(C)c1. The number of carboxylic acids is 1. The van der Waals surface area contributed by atoms with Gasteiger partial charge in [-0.3, -0.25) is 4.79 Å². The third kappa shape index (κ3) is 5.83. The number of oxazole rings is 1. The van der Waals surface area contributed by atoms with Crippen molar-refractivity contribution in [3.8, 4) is 0 Å². The molecule has 1 fully saturated rings. The zero-order valence-corrected chi connectivity index (χ0v) is 24.6. The first kappa shape index (κ1) is 28.4. The van der Waals surface area contributed by atoms with Crippen LogP contribution in [0.1, 0.15) is 75.9 Å². The molecule has 2 heterocycles. The number of nitrogens with zero attached hydrogens (tertiary/aromatic N) is 1. The van der Waals surface area contributed by atoms with Crippen molar-refractivity contribution in [3.05, 3.63) is 124 Å². The Kier molecular flexibility index (Phi) is 7.40. The molecule has 1 aliphatic rings. The highest BCUT2D eigenvalue weighted by atomic mass is 16.6. The number of aryl methyl sites for hydroxylation is 4. The Labute approximate surface area is 249 Å². The summed E-state index contributed by atoms with van der Waals surface area (Å²) >= 11 is 0. The molecule has 0 bridgehead atoms. The number of hydrogen-bond donors (Lipinski definition) is 2. The number of aliphatic carboxylic acids is 1. The highest BCUT2D eigenvalue weighted by molar-refractivity contribution is 5.84. The molecule has 1 amide bonds. The van der Waals surface area contributed by atoms with Gasteiger partial charge in [-0.1, -0.05) is 60.2 Å². The van der Waals surface area contributed by atoms with Crippen LogP contribution in [0.2, 0.25) is 0 Å². The van der Waals surface area contributed by atoms with Gasteiger partial charge in [0.25, 0.3) is 0 Å². The minimum absolute atomic E-state index is 0.108. The molecule has 1 aliphatic carbocycles. The summed E-state index contributed by atoms with van der Waals surface area (Å²) in [5.74, 6) is 0.179. The quantitative estimate of drug-likeness (QED) is 0.187. The summed E-state index contributed by atoms with van der Waals surface area (Å²) in [5, 5.41) is 13.8. The fraction of sp³-hybridized carbons (Fsp3) is 0.286. The summed E-state index contributed by atoms with van der Waals surface area (Å²) in [7, 11) is 0. The summed E-state index contributed by atoms with van der Waals surface area (Å²) in [5.41, 5.74) is 5.10. The molecular formula is C35H34N2O6. The maximum absolute atomic E-state index is 13.4. The average Bonchev–Trinajstić information content (AvgIpc) is 3.53. The van der Waals surface area contributed by atoms with Gasteiger partial charge in [-0.05, 0) is 74.1 Å². The molecule has 2 atom stereocenters. The van der Waals surface area contributed by atoms with Crippen molar-refractivity contribution in [2.24, 2.45) is 0 Å². The summed E-state index contributed by atoms with van der Waals surface area (Å²) in [6.45, 7) is 7.65. The summed E-state index contributed by atoms with van der Waals surface area (Å²) in [6.07, 6.45) is 0.128. The van der Waals surface area contributed by atoms with Crippen LogP contribution in [-0.4, -0.2) is 27.6 Å². The predicted octanol–water partition coefficient (Wildman–Crippen LogP) is 6.83. The van der Waals surface area contributed by atoms with Crippen LogP contribution >= 0.6 is 0 Å². The fourth-order valence-corrected chi connectivity index (χ4v) is 5.64. The Morgan fingerprint density at radius 3 is 2.40 bits per heavy atom. The van der Waals surface area contributed by atoms with Crippen LogP contribution in [0.25, 0.3) is 11.0 Å². The van der Waals surface area contributed by atoms with E-state index in [2.05, 4.69) is 42.3 Å². The minimum Gasteiger partial charge on any atom is -0.479 e. The average molecular weight is 579 g/mol. The van der Waals surface area contributed by atoms with Gasteiger partial charge < -0.3 is 24.0 Å². The number of benzene rings is 3. The first-order chi connectivity index (χ1) is 20.6. The predicted molar refractivity (Wildman–Crippen MR) is 161 cm³/mol. The molecule has 1 saturated carbocycles. The van der Waals surface area contributed by atoms with E-state index in [-0.39, 0.29) is 18.4 Å². The fourth-order valence-electron chi connectivity index (χ4n) is 5.64. The van der Waals surface area contributed by atoms with Gasteiger partial charge in [-0.25, -0.2) is 9.78 Å². The van der Waals surface area contributed by atoms with Crippen LogP contribution in [0.3, 0.4) is 0 Å². The van der Waals surface area contributed by atoms with Crippen molar-refractivity contribution in [3.63, 3.8) is 0 Å². The van der Waals surface area contributed by atoms with Gasteiger partial charge in [-0.2, -0.15) is 0 Å². The molecule has 0 saturated heterocycles. The number of hydrogen-bond acceptors (Lipinski definition) is 6. The van der Waals surface area contributed by atoms with Crippen LogP contribution in [0.15, 0.2) is 81.6 Å². The van der Waals surface area contributed by atoms with Crippen molar-refractivity contribution in [2.75, 3.05) is 0 Å². The van der Waals surface area contributed by atoms with Crippen molar-refractivity contribution in [2.45, 2.75) is 64.7 Å². The number of aromatic nitrogens is 1. The molecule has 3 aromatic carbocycles. The first-order valence-corrected chi connectivity index (χ1v) is 14.4. The summed E-state index contributed by atoms with van der Waals surface area (Å²) in [4.78, 5) is 29.7. The number of rotatable bonds is 10. The Balaban J connectivity index is 1.26. The number of carbonyl (C=O) groups excluding carboxylic acids is 1. The maximum atomic E-state index is 13.4. The smallest absolute Gasteiger partial charge is 0.336 e. The normalized spacial score (nSPS) is 15.3. The standard InChI is InChI=1S/C35H34N2O6/c1-20-10-12-27(21(2)16-20)31(25-8-6-5-7-9-25)37-30(38)18-24-11-13-28-26(17-24)19-29(42-28)33(32-22(3)36-23(4)41-32)43-35(14-15-35)34(39)40/h5-13,16-17,19,31,33H,14-15,18H2,1-4H3,(H,37,38)(H,39,40)/t31-,33?/m0/s1. The van der Waals surface area contributed by atoms with Gasteiger partial charge in [-0.15, -0.1) is 0 Å². The van der Waals surface area contributed by atoms with E-state index in [4.69, 9.17) is 13.6 Å². The molecule has 5 aromatic rings. The van der Waals surface area contributed by atoms with Crippen molar-refractivity contribution in [1.82, 2.24) is 10.3 Å². The highest BCUT2D eigenvalue weighted by Crippen LogP contribution is 2.46. The number of nitrogens with one attached hydrogen (secondary N) is 1. The molecule has 0 radical (unpaired) electrons. The number of furan rings is 1. The van der Waals surface area contributed by atoms with E-state index in [1.54, 1.807) is 13.8 Å². The van der Waals surface area contributed by atoms with Gasteiger partial charge in [0.2, 0.25) is 5.91 Å². The zero-order chi connectivity index (χ0) is 30.3. The van der Waals surface area contributed by atoms with E-state index in [1.807, 2.05) is 54.6 Å². The van der Waals surface area contributed by atoms with Crippen LogP contribution < -0.4 is 5.32 Å². The van der Waals surface area contributed by atoms with Gasteiger partial charge in [0.15, 0.2) is 23.4 Å². The zero-order valence-electron chi connectivity index (χ0n) is 24.6. The molecule has 8 nitrogen and oxygen atoms in total. The number of carbonyl (C=O) groups is 2. The molecule has 2 aromatic heterocycles. The lowest BCUT2D eigenvalue weighted by molar-refractivity contribution is -0.158. The van der Waals surface area contributed by atoms with E-state index in [0.29, 0.717) is 41.5 Å². The van der Waals surface area contributed by atoms with E-state index < -0.39 is 17.7 Å². The van der Waals surface area contributed by atoms with Crippen molar-refractivity contribution in [1.29, 1.82) is 0 Å². The van der Waals surface area contributed by atoms with E-state index in [1.165, 1.54) is 5.56 Å². The number of carboxylic acid groups (broad SMARTS) is 1. The first-order valence-electron chi connectivity index (χ1n) is 14.4. The lowest BCUT2D eigenvalue weighted by Crippen LogP contribution is -2.31. The molecule has 220 valence electrons. The minimum atomic E-state index is -1.27. The Morgan fingerprint density at radius 1 is 0.977 bits per heavy atom. The monoisotopic (exact) mass is 578 g/mol. The molecule has 1 unspecified atom stereocenters.